The molecule has 2 amide bonds. The van der Waals surface area contributed by atoms with Crippen LogP contribution in [-0.4, -0.2) is 66.9 Å². The molecule has 0 rings (SSSR count). The highest BCUT2D eigenvalue weighted by Gasteiger charge is 2.20. The highest BCUT2D eigenvalue weighted by molar-refractivity contribution is 5.78. The number of amides is 2. The molecule has 8 heteroatoms. The van der Waals surface area contributed by atoms with Crippen LogP contribution in [0.2, 0.25) is 0 Å². The molecule has 0 aliphatic rings. The van der Waals surface area contributed by atoms with Crippen molar-refractivity contribution in [1.29, 1.82) is 0 Å². The van der Waals surface area contributed by atoms with Gasteiger partial charge in [-0.15, -0.1) is 0 Å². The smallest absolute Gasteiger partial charge is 0.222 e. The highest BCUT2D eigenvalue weighted by atomic mass is 16.7. The molecule has 0 spiro atoms. The van der Waals surface area contributed by atoms with Crippen molar-refractivity contribution in [2.24, 2.45) is 0 Å². The lowest BCUT2D eigenvalue weighted by atomic mass is 10.0. The second-order valence-corrected chi connectivity index (χ2v) is 19.7. The Morgan fingerprint density at radius 3 is 1.27 bits per heavy atom. The fourth-order valence-electron chi connectivity index (χ4n) is 8.31. The SMILES string of the molecule is CCCCCCCCC/C=C\CCCCCCCC(=O)CCCCN(CCCNC(=O)CCCCCCC/C=C\CCCCCCCCC)C(=O)CCCOC(C)(C)OCCCC(=O)CC. The van der Waals surface area contributed by atoms with E-state index in [1.54, 1.807) is 0 Å². The summed E-state index contributed by atoms with van der Waals surface area (Å²) < 4.78 is 11.8. The molecule has 0 atom stereocenters. The van der Waals surface area contributed by atoms with Gasteiger partial charge in [-0.2, -0.15) is 0 Å². The standard InChI is InChI=1S/C58H108N2O6/c1-6-9-11-13-15-17-19-21-23-25-27-29-31-33-35-37-44-55(62)45-39-40-50-60(57(64)48-42-53-66-58(4,5)65-52-41-46-54(61)8-3)51-43-49-59-56(63)47-38-36-34-32-30-28-26-24-22-20-18-16-14-12-10-7-2/h23-26H,6-22,27-53H2,1-5H3,(H,59,63)/b25-23-,26-24-. The third-order valence-electron chi connectivity index (χ3n) is 12.7. The van der Waals surface area contributed by atoms with Crippen molar-refractivity contribution in [3.8, 4) is 0 Å². The van der Waals surface area contributed by atoms with Gasteiger partial charge in [-0.25, -0.2) is 0 Å². The minimum atomic E-state index is -0.781. The summed E-state index contributed by atoms with van der Waals surface area (Å²) in [5.74, 6) is -0.0249. The highest BCUT2D eigenvalue weighted by Crippen LogP contribution is 2.16. The number of ether oxygens (including phenoxy) is 2. The van der Waals surface area contributed by atoms with Gasteiger partial charge < -0.3 is 19.7 Å². The number of ketones is 2. The first-order valence-corrected chi connectivity index (χ1v) is 28.3. The molecule has 0 saturated carbocycles. The Balaban J connectivity index is 4.42. The molecule has 1 N–H and O–H groups in total. The molecular formula is C58H108N2O6. The fourth-order valence-corrected chi connectivity index (χ4v) is 8.31. The fraction of sp³-hybridized carbons (Fsp3) is 0.862. The normalized spacial score (nSPS) is 11.9. The largest absolute Gasteiger partial charge is 0.356 e. The number of allylic oxidation sites excluding steroid dienone is 4. The van der Waals surface area contributed by atoms with Gasteiger partial charge in [0.05, 0.1) is 13.2 Å². The van der Waals surface area contributed by atoms with E-state index in [-0.39, 0.29) is 17.6 Å². The third kappa shape index (κ3) is 46.8. The summed E-state index contributed by atoms with van der Waals surface area (Å²) in [7, 11) is 0. The lowest BCUT2D eigenvalue weighted by molar-refractivity contribution is -0.214. The zero-order chi connectivity index (χ0) is 48.4. The van der Waals surface area contributed by atoms with Crippen molar-refractivity contribution in [3.63, 3.8) is 0 Å². The number of rotatable bonds is 52. The molecule has 0 bridgehead atoms. The third-order valence-corrected chi connectivity index (χ3v) is 12.7. The van der Waals surface area contributed by atoms with Gasteiger partial charge in [0.2, 0.25) is 11.8 Å². The minimum Gasteiger partial charge on any atom is -0.356 e. The lowest BCUT2D eigenvalue weighted by Gasteiger charge is -2.26. The van der Waals surface area contributed by atoms with Crippen LogP contribution in [0.15, 0.2) is 24.3 Å². The van der Waals surface area contributed by atoms with Crippen molar-refractivity contribution < 1.29 is 28.7 Å². The van der Waals surface area contributed by atoms with Gasteiger partial charge in [0.1, 0.15) is 11.6 Å². The molecule has 0 aliphatic carbocycles. The first kappa shape index (κ1) is 63.7. The van der Waals surface area contributed by atoms with Crippen LogP contribution in [0, 0.1) is 0 Å². The number of hydrogen-bond acceptors (Lipinski definition) is 6. The van der Waals surface area contributed by atoms with Gasteiger partial charge in [-0.3, -0.25) is 19.2 Å². The lowest BCUT2D eigenvalue weighted by Crippen LogP contribution is -2.35. The molecule has 0 aromatic heterocycles. The zero-order valence-corrected chi connectivity index (χ0v) is 44.3. The van der Waals surface area contributed by atoms with Crippen molar-refractivity contribution in [1.82, 2.24) is 10.2 Å². The molecule has 0 saturated heterocycles. The Morgan fingerprint density at radius 2 is 0.803 bits per heavy atom. The van der Waals surface area contributed by atoms with Crippen molar-refractivity contribution in [3.05, 3.63) is 24.3 Å². The van der Waals surface area contributed by atoms with Crippen molar-refractivity contribution >= 4 is 23.4 Å². The Kier molecular flexibility index (Phi) is 47.4. The molecule has 66 heavy (non-hydrogen) atoms. The van der Waals surface area contributed by atoms with Crippen molar-refractivity contribution in [2.45, 2.75) is 291 Å². The first-order chi connectivity index (χ1) is 32.1. The average Bonchev–Trinajstić information content (AvgIpc) is 3.30. The predicted octanol–water partition coefficient (Wildman–Crippen LogP) is 16.2. The van der Waals surface area contributed by atoms with Gasteiger partial charge in [-0.05, 0) is 110 Å². The van der Waals surface area contributed by atoms with E-state index in [0.29, 0.717) is 96.4 Å². The van der Waals surface area contributed by atoms with E-state index in [1.807, 2.05) is 25.7 Å². The van der Waals surface area contributed by atoms with E-state index in [0.717, 1.165) is 44.9 Å². The predicted molar refractivity (Wildman–Crippen MR) is 281 cm³/mol. The van der Waals surface area contributed by atoms with Gasteiger partial charge in [0.15, 0.2) is 5.79 Å². The van der Waals surface area contributed by atoms with Gasteiger partial charge in [-0.1, -0.05) is 161 Å². The maximum absolute atomic E-state index is 13.4. The van der Waals surface area contributed by atoms with Crippen LogP contribution in [0.1, 0.15) is 285 Å². The molecule has 0 fully saturated rings. The van der Waals surface area contributed by atoms with Gasteiger partial charge >= 0.3 is 0 Å². The minimum absolute atomic E-state index is 0.0837. The number of carbonyl (C=O) groups is 4. The number of nitrogens with zero attached hydrogens (tertiary/aromatic N) is 1. The number of hydrogen-bond donors (Lipinski definition) is 1. The second kappa shape index (κ2) is 49.1. The Labute approximate surface area is 408 Å². The molecule has 0 radical (unpaired) electrons. The average molecular weight is 930 g/mol. The molecule has 0 aliphatic heterocycles. The Morgan fingerprint density at radius 1 is 0.424 bits per heavy atom. The van der Waals surface area contributed by atoms with Crippen LogP contribution in [0.4, 0.5) is 0 Å². The summed E-state index contributed by atoms with van der Waals surface area (Å²) in [6.07, 6.45) is 51.6. The van der Waals surface area contributed by atoms with Crippen LogP contribution in [0.3, 0.4) is 0 Å². The monoisotopic (exact) mass is 929 g/mol. The number of carbonyl (C=O) groups excluding carboxylic acids is 4. The maximum atomic E-state index is 13.4. The molecule has 0 heterocycles. The van der Waals surface area contributed by atoms with E-state index in [2.05, 4.69) is 43.5 Å². The van der Waals surface area contributed by atoms with E-state index in [4.69, 9.17) is 9.47 Å². The number of unbranched alkanes of at least 4 members (excludes halogenated alkanes) is 25. The summed E-state index contributed by atoms with van der Waals surface area (Å²) >= 11 is 0. The topological polar surface area (TPSA) is 102 Å². The van der Waals surface area contributed by atoms with E-state index in [1.165, 1.54) is 148 Å². The van der Waals surface area contributed by atoms with E-state index < -0.39 is 5.79 Å². The number of Topliss-reactive ketones (excluding diaryl/α,β-unsaturated/α-hetero) is 2. The molecule has 0 unspecified atom stereocenters. The summed E-state index contributed by atoms with van der Waals surface area (Å²) in [6, 6.07) is 0. The van der Waals surface area contributed by atoms with E-state index >= 15 is 0 Å². The Hall–Kier alpha value is -2.32. The molecule has 8 nitrogen and oxygen atoms in total. The van der Waals surface area contributed by atoms with Crippen LogP contribution < -0.4 is 5.32 Å². The summed E-state index contributed by atoms with van der Waals surface area (Å²) in [5, 5.41) is 3.08. The zero-order valence-electron chi connectivity index (χ0n) is 44.3. The maximum Gasteiger partial charge on any atom is 0.222 e. The first-order valence-electron chi connectivity index (χ1n) is 28.3. The molecule has 0 aromatic carbocycles. The second-order valence-electron chi connectivity index (χ2n) is 19.7. The van der Waals surface area contributed by atoms with Crippen molar-refractivity contribution in [2.75, 3.05) is 32.8 Å². The Bertz CT molecular complexity index is 1120. The van der Waals surface area contributed by atoms with Gasteiger partial charge in [0.25, 0.3) is 0 Å². The van der Waals surface area contributed by atoms with Crippen LogP contribution >= 0.6 is 0 Å². The quantitative estimate of drug-likeness (QED) is 0.0370. The summed E-state index contributed by atoms with van der Waals surface area (Å²) in [4.78, 5) is 52.2. The summed E-state index contributed by atoms with van der Waals surface area (Å²) in [5.41, 5.74) is 0. The molecule has 386 valence electrons. The van der Waals surface area contributed by atoms with Crippen LogP contribution in [0.25, 0.3) is 0 Å². The van der Waals surface area contributed by atoms with Gasteiger partial charge in [0, 0.05) is 58.2 Å². The number of nitrogens with one attached hydrogen (secondary N) is 1. The molecule has 0 aromatic rings. The molecular weight excluding hydrogens is 821 g/mol. The van der Waals surface area contributed by atoms with Crippen LogP contribution in [-0.2, 0) is 28.7 Å². The van der Waals surface area contributed by atoms with Crippen LogP contribution in [0.5, 0.6) is 0 Å². The summed E-state index contributed by atoms with van der Waals surface area (Å²) in [6.45, 7) is 12.8. The van der Waals surface area contributed by atoms with E-state index in [9.17, 15) is 19.2 Å².